The fraction of sp³-hybridized carbons (Fsp3) is 0.125. The Hall–Kier alpha value is -2.68. The highest BCUT2D eigenvalue weighted by Gasteiger charge is 2.09. The number of rotatable bonds is 6. The minimum Gasteiger partial charge on any atom is -0.484 e. The van der Waals surface area contributed by atoms with Gasteiger partial charge in [0.2, 0.25) is 0 Å². The fourth-order valence-electron chi connectivity index (χ4n) is 1.63. The number of ether oxygens (including phenoxy) is 2. The molecular formula is C16H13BrF2N2O4. The molecule has 2 N–H and O–H groups in total. The molecule has 0 heterocycles. The van der Waals surface area contributed by atoms with Crippen LogP contribution in [-0.4, -0.2) is 25.0 Å². The third-order valence-corrected chi connectivity index (χ3v) is 3.31. The van der Waals surface area contributed by atoms with Crippen LogP contribution < -0.4 is 20.3 Å². The maximum atomic E-state index is 13.3. The molecule has 0 aliphatic carbocycles. The Labute approximate surface area is 150 Å². The number of hydrogen-bond donors (Lipinski definition) is 2. The topological polar surface area (TPSA) is 76.7 Å². The Kier molecular flexibility index (Phi) is 6.70. The van der Waals surface area contributed by atoms with Crippen molar-refractivity contribution in [2.45, 2.75) is 0 Å². The van der Waals surface area contributed by atoms with Crippen LogP contribution in [0, 0.1) is 11.6 Å². The van der Waals surface area contributed by atoms with Crippen molar-refractivity contribution in [3.8, 4) is 11.5 Å². The molecule has 132 valence electrons. The predicted octanol–water partition coefficient (Wildman–Crippen LogP) is 2.33. The van der Waals surface area contributed by atoms with E-state index in [-0.39, 0.29) is 12.4 Å². The van der Waals surface area contributed by atoms with Gasteiger partial charge in [0, 0.05) is 10.5 Å². The summed E-state index contributed by atoms with van der Waals surface area (Å²) in [5, 5.41) is 0. The van der Waals surface area contributed by atoms with Crippen LogP contribution in [0.1, 0.15) is 0 Å². The quantitative estimate of drug-likeness (QED) is 0.711. The van der Waals surface area contributed by atoms with E-state index in [0.717, 1.165) is 16.6 Å². The minimum atomic E-state index is -0.931. The molecule has 2 amide bonds. The Balaban J connectivity index is 1.68. The summed E-state index contributed by atoms with van der Waals surface area (Å²) in [5.41, 5.74) is 4.20. The lowest BCUT2D eigenvalue weighted by molar-refractivity contribution is -0.131. The minimum absolute atomic E-state index is 0.276. The molecule has 0 aliphatic rings. The van der Waals surface area contributed by atoms with E-state index in [0.29, 0.717) is 11.8 Å². The predicted molar refractivity (Wildman–Crippen MR) is 87.8 cm³/mol. The van der Waals surface area contributed by atoms with Crippen molar-refractivity contribution in [2.24, 2.45) is 0 Å². The number of nitrogens with one attached hydrogen (secondary N) is 2. The van der Waals surface area contributed by atoms with Gasteiger partial charge in [0.1, 0.15) is 11.6 Å². The average molecular weight is 415 g/mol. The number of amides is 2. The zero-order valence-corrected chi connectivity index (χ0v) is 14.3. The van der Waals surface area contributed by atoms with Crippen molar-refractivity contribution in [1.82, 2.24) is 10.9 Å². The number of carbonyl (C=O) groups is 2. The number of hydrogen-bond acceptors (Lipinski definition) is 4. The van der Waals surface area contributed by atoms with Crippen LogP contribution in [0.5, 0.6) is 11.5 Å². The van der Waals surface area contributed by atoms with Crippen molar-refractivity contribution in [3.05, 3.63) is 58.6 Å². The van der Waals surface area contributed by atoms with Gasteiger partial charge in [-0.2, -0.15) is 0 Å². The molecule has 0 radical (unpaired) electrons. The largest absolute Gasteiger partial charge is 0.484 e. The molecule has 0 aliphatic heterocycles. The van der Waals surface area contributed by atoms with E-state index in [9.17, 15) is 18.4 Å². The Morgan fingerprint density at radius 2 is 1.52 bits per heavy atom. The first-order valence-corrected chi connectivity index (χ1v) is 7.77. The Morgan fingerprint density at radius 3 is 2.12 bits per heavy atom. The maximum absolute atomic E-state index is 13.3. The second-order valence-electron chi connectivity index (χ2n) is 4.70. The summed E-state index contributed by atoms with van der Waals surface area (Å²) in [6.07, 6.45) is 0. The average Bonchev–Trinajstić information content (AvgIpc) is 2.58. The zero-order chi connectivity index (χ0) is 18.2. The van der Waals surface area contributed by atoms with Gasteiger partial charge in [-0.05, 0) is 36.4 Å². The van der Waals surface area contributed by atoms with Gasteiger partial charge in [0.25, 0.3) is 11.8 Å². The van der Waals surface area contributed by atoms with Crippen LogP contribution in [0.15, 0.2) is 46.9 Å². The van der Waals surface area contributed by atoms with Gasteiger partial charge in [-0.3, -0.25) is 20.4 Å². The first-order valence-electron chi connectivity index (χ1n) is 6.98. The van der Waals surface area contributed by atoms with Crippen LogP contribution in [0.25, 0.3) is 0 Å². The van der Waals surface area contributed by atoms with Gasteiger partial charge >= 0.3 is 0 Å². The van der Waals surface area contributed by atoms with Gasteiger partial charge in [-0.15, -0.1) is 0 Å². The first-order chi connectivity index (χ1) is 11.9. The number of hydrazine groups is 1. The highest BCUT2D eigenvalue weighted by molar-refractivity contribution is 9.10. The lowest BCUT2D eigenvalue weighted by Crippen LogP contribution is -2.45. The van der Waals surface area contributed by atoms with E-state index < -0.39 is 30.1 Å². The molecule has 0 fully saturated rings. The molecule has 0 unspecified atom stereocenters. The molecule has 0 bridgehead atoms. The third-order valence-electron chi connectivity index (χ3n) is 2.78. The maximum Gasteiger partial charge on any atom is 0.276 e. The molecule has 0 saturated carbocycles. The van der Waals surface area contributed by atoms with E-state index >= 15 is 0 Å². The monoisotopic (exact) mass is 414 g/mol. The lowest BCUT2D eigenvalue weighted by atomic mass is 10.3. The molecule has 2 rings (SSSR count). The van der Waals surface area contributed by atoms with E-state index in [1.165, 1.54) is 0 Å². The number of carbonyl (C=O) groups excluding carboxylic acids is 2. The summed E-state index contributed by atoms with van der Waals surface area (Å²) in [7, 11) is 0. The highest BCUT2D eigenvalue weighted by atomic mass is 79.9. The van der Waals surface area contributed by atoms with Crippen molar-refractivity contribution < 1.29 is 27.8 Å². The first kappa shape index (κ1) is 18.7. The SMILES string of the molecule is O=C(COc1ccc(Br)cc1)NNC(=O)COc1ccc(F)cc1F. The fourth-order valence-corrected chi connectivity index (χ4v) is 1.89. The van der Waals surface area contributed by atoms with Gasteiger partial charge in [0.15, 0.2) is 24.8 Å². The van der Waals surface area contributed by atoms with E-state index in [1.807, 2.05) is 0 Å². The third kappa shape index (κ3) is 6.38. The van der Waals surface area contributed by atoms with Gasteiger partial charge < -0.3 is 9.47 Å². The van der Waals surface area contributed by atoms with Crippen molar-refractivity contribution >= 4 is 27.7 Å². The number of benzene rings is 2. The standard InChI is InChI=1S/C16H13BrF2N2O4/c17-10-1-4-12(5-2-10)24-8-15(22)20-21-16(23)9-25-14-6-3-11(18)7-13(14)19/h1-7H,8-9H2,(H,20,22)(H,21,23). The molecule has 6 nitrogen and oxygen atoms in total. The summed E-state index contributed by atoms with van der Waals surface area (Å²) in [6, 6.07) is 9.53. The van der Waals surface area contributed by atoms with Crippen LogP contribution in [-0.2, 0) is 9.59 Å². The number of halogens is 3. The molecule has 25 heavy (non-hydrogen) atoms. The van der Waals surface area contributed by atoms with Crippen LogP contribution >= 0.6 is 15.9 Å². The van der Waals surface area contributed by atoms with E-state index in [2.05, 4.69) is 26.8 Å². The molecular weight excluding hydrogens is 402 g/mol. The molecule has 2 aromatic rings. The van der Waals surface area contributed by atoms with Crippen molar-refractivity contribution in [1.29, 1.82) is 0 Å². The molecule has 0 aromatic heterocycles. The second kappa shape index (κ2) is 8.97. The van der Waals surface area contributed by atoms with Gasteiger partial charge in [-0.1, -0.05) is 15.9 Å². The Bertz CT molecular complexity index is 756. The molecule has 9 heteroatoms. The molecule has 2 aromatic carbocycles. The van der Waals surface area contributed by atoms with Crippen molar-refractivity contribution in [2.75, 3.05) is 13.2 Å². The molecule has 0 spiro atoms. The van der Waals surface area contributed by atoms with Crippen molar-refractivity contribution in [3.63, 3.8) is 0 Å². The summed E-state index contributed by atoms with van der Waals surface area (Å²) in [4.78, 5) is 23.1. The van der Waals surface area contributed by atoms with E-state index in [4.69, 9.17) is 9.47 Å². The summed E-state index contributed by atoms with van der Waals surface area (Å²) in [5.74, 6) is -2.79. The van der Waals surface area contributed by atoms with Crippen LogP contribution in [0.3, 0.4) is 0 Å². The second-order valence-corrected chi connectivity index (χ2v) is 5.62. The summed E-state index contributed by atoms with van der Waals surface area (Å²) >= 11 is 3.27. The summed E-state index contributed by atoms with van der Waals surface area (Å²) < 4.78 is 37.0. The van der Waals surface area contributed by atoms with Gasteiger partial charge in [-0.25, -0.2) is 8.78 Å². The normalized spacial score (nSPS) is 10.0. The highest BCUT2D eigenvalue weighted by Crippen LogP contribution is 2.17. The van der Waals surface area contributed by atoms with Crippen LogP contribution in [0.2, 0.25) is 0 Å². The Morgan fingerprint density at radius 1 is 0.920 bits per heavy atom. The molecule has 0 saturated heterocycles. The van der Waals surface area contributed by atoms with E-state index in [1.54, 1.807) is 24.3 Å². The smallest absolute Gasteiger partial charge is 0.276 e. The lowest BCUT2D eigenvalue weighted by Gasteiger charge is -2.10. The molecule has 0 atom stereocenters. The summed E-state index contributed by atoms with van der Waals surface area (Å²) in [6.45, 7) is -0.869. The van der Waals surface area contributed by atoms with Crippen LogP contribution in [0.4, 0.5) is 8.78 Å². The van der Waals surface area contributed by atoms with Gasteiger partial charge in [0.05, 0.1) is 0 Å². The zero-order valence-electron chi connectivity index (χ0n) is 12.7.